The summed E-state index contributed by atoms with van der Waals surface area (Å²) >= 11 is 1.78. The molecule has 0 bridgehead atoms. The molecule has 1 aliphatic rings. The van der Waals surface area contributed by atoms with Gasteiger partial charge in [-0.3, -0.25) is 9.69 Å². The number of carbonyl (C=O) groups excluding carboxylic acids is 1. The number of likely N-dealkylation sites (tertiary alicyclic amines) is 1. The van der Waals surface area contributed by atoms with E-state index in [9.17, 15) is 13.2 Å². The number of hydrogen-bond donors (Lipinski definition) is 2. The number of sulfonamides is 1. The SMILES string of the molecule is CCC(=O)Nc1ccc(S(=O)(=O)NCC2CCN(Cc3cccs3)CC2)cc1. The summed E-state index contributed by atoms with van der Waals surface area (Å²) in [5.74, 6) is 0.261. The van der Waals surface area contributed by atoms with Gasteiger partial charge in [-0.15, -0.1) is 11.3 Å². The summed E-state index contributed by atoms with van der Waals surface area (Å²) in [4.78, 5) is 15.4. The van der Waals surface area contributed by atoms with Crippen LogP contribution in [0.1, 0.15) is 31.1 Å². The van der Waals surface area contributed by atoms with Crippen LogP contribution in [0.2, 0.25) is 0 Å². The lowest BCUT2D eigenvalue weighted by atomic mass is 9.97. The Hall–Kier alpha value is -1.74. The maximum absolute atomic E-state index is 12.5. The van der Waals surface area contributed by atoms with Crippen LogP contribution in [0.3, 0.4) is 0 Å². The van der Waals surface area contributed by atoms with Crippen molar-refractivity contribution in [3.05, 3.63) is 46.7 Å². The fraction of sp³-hybridized carbons (Fsp3) is 0.450. The number of nitrogens with zero attached hydrogens (tertiary/aromatic N) is 1. The molecule has 1 saturated heterocycles. The lowest BCUT2D eigenvalue weighted by molar-refractivity contribution is -0.115. The van der Waals surface area contributed by atoms with Crippen molar-refractivity contribution in [2.24, 2.45) is 5.92 Å². The molecule has 1 aromatic carbocycles. The molecule has 152 valence electrons. The van der Waals surface area contributed by atoms with Crippen molar-refractivity contribution >= 4 is 33.0 Å². The van der Waals surface area contributed by atoms with Crippen molar-refractivity contribution in [3.63, 3.8) is 0 Å². The molecule has 0 aliphatic carbocycles. The molecule has 8 heteroatoms. The van der Waals surface area contributed by atoms with E-state index < -0.39 is 10.0 Å². The largest absolute Gasteiger partial charge is 0.326 e. The van der Waals surface area contributed by atoms with E-state index in [4.69, 9.17) is 0 Å². The molecule has 2 aromatic rings. The molecule has 28 heavy (non-hydrogen) atoms. The summed E-state index contributed by atoms with van der Waals surface area (Å²) in [6.07, 6.45) is 2.37. The summed E-state index contributed by atoms with van der Waals surface area (Å²) in [5.41, 5.74) is 0.601. The summed E-state index contributed by atoms with van der Waals surface area (Å²) in [6.45, 7) is 5.21. The van der Waals surface area contributed by atoms with Gasteiger partial charge in [0, 0.05) is 30.1 Å². The highest BCUT2D eigenvalue weighted by Crippen LogP contribution is 2.21. The van der Waals surface area contributed by atoms with Crippen LogP contribution >= 0.6 is 11.3 Å². The molecule has 2 N–H and O–H groups in total. The molecule has 1 aromatic heterocycles. The lowest BCUT2D eigenvalue weighted by Gasteiger charge is -2.31. The Morgan fingerprint density at radius 1 is 1.18 bits per heavy atom. The third kappa shape index (κ3) is 5.88. The first kappa shape index (κ1) is 21.0. The second-order valence-electron chi connectivity index (χ2n) is 7.08. The summed E-state index contributed by atoms with van der Waals surface area (Å²) < 4.78 is 27.8. The predicted octanol–water partition coefficient (Wildman–Crippen LogP) is 3.29. The Bertz CT molecular complexity index is 857. The van der Waals surface area contributed by atoms with Crippen LogP contribution in [-0.4, -0.2) is 38.9 Å². The van der Waals surface area contributed by atoms with Gasteiger partial charge in [0.2, 0.25) is 15.9 Å². The van der Waals surface area contributed by atoms with Crippen molar-refractivity contribution < 1.29 is 13.2 Å². The number of piperidine rings is 1. The summed E-state index contributed by atoms with van der Waals surface area (Å²) in [7, 11) is -3.54. The highest BCUT2D eigenvalue weighted by molar-refractivity contribution is 7.89. The molecule has 0 atom stereocenters. The van der Waals surface area contributed by atoms with Gasteiger partial charge in [0.15, 0.2) is 0 Å². The van der Waals surface area contributed by atoms with E-state index in [1.807, 2.05) is 0 Å². The van der Waals surface area contributed by atoms with Crippen LogP contribution in [-0.2, 0) is 21.4 Å². The van der Waals surface area contributed by atoms with E-state index in [1.54, 1.807) is 30.4 Å². The Labute approximate surface area is 171 Å². The van der Waals surface area contributed by atoms with Gasteiger partial charge in [0.1, 0.15) is 0 Å². The minimum atomic E-state index is -3.54. The first-order valence-corrected chi connectivity index (χ1v) is 12.0. The minimum Gasteiger partial charge on any atom is -0.326 e. The second kappa shape index (κ2) is 9.65. The molecule has 0 spiro atoms. The Morgan fingerprint density at radius 2 is 1.89 bits per heavy atom. The van der Waals surface area contributed by atoms with E-state index >= 15 is 0 Å². The molecule has 3 rings (SSSR count). The van der Waals surface area contributed by atoms with E-state index in [-0.39, 0.29) is 10.8 Å². The van der Waals surface area contributed by atoms with Gasteiger partial charge in [0.25, 0.3) is 0 Å². The van der Waals surface area contributed by atoms with E-state index in [0.29, 0.717) is 24.6 Å². The number of hydrogen-bond acceptors (Lipinski definition) is 5. The molecule has 1 fully saturated rings. The molecule has 0 saturated carbocycles. The number of thiophene rings is 1. The van der Waals surface area contributed by atoms with Gasteiger partial charge in [0.05, 0.1) is 4.90 Å². The minimum absolute atomic E-state index is 0.0980. The maximum Gasteiger partial charge on any atom is 0.240 e. The molecule has 1 amide bonds. The average molecular weight is 422 g/mol. The van der Waals surface area contributed by atoms with Gasteiger partial charge in [-0.25, -0.2) is 13.1 Å². The van der Waals surface area contributed by atoms with Gasteiger partial charge in [-0.2, -0.15) is 0 Å². The average Bonchev–Trinajstić information content (AvgIpc) is 3.21. The quantitative estimate of drug-likeness (QED) is 0.686. The molecular formula is C20H27N3O3S2. The molecular weight excluding hydrogens is 394 g/mol. The third-order valence-electron chi connectivity index (χ3n) is 5.00. The van der Waals surface area contributed by atoms with Crippen LogP contribution in [0, 0.1) is 5.92 Å². The van der Waals surface area contributed by atoms with Crippen molar-refractivity contribution in [2.45, 2.75) is 37.6 Å². The zero-order chi connectivity index (χ0) is 20.0. The van der Waals surface area contributed by atoms with E-state index in [1.165, 1.54) is 17.0 Å². The molecule has 2 heterocycles. The predicted molar refractivity (Wildman–Crippen MR) is 113 cm³/mol. The molecule has 0 radical (unpaired) electrons. The fourth-order valence-corrected chi connectivity index (χ4v) is 5.11. The standard InChI is InChI=1S/C20H27N3O3S2/c1-2-20(24)22-17-5-7-19(8-6-17)28(25,26)21-14-16-9-11-23(12-10-16)15-18-4-3-13-27-18/h3-8,13,16,21H,2,9-12,14-15H2,1H3,(H,22,24). The normalized spacial score (nSPS) is 16.2. The monoisotopic (exact) mass is 421 g/mol. The smallest absolute Gasteiger partial charge is 0.240 e. The zero-order valence-corrected chi connectivity index (χ0v) is 17.7. The maximum atomic E-state index is 12.5. The van der Waals surface area contributed by atoms with E-state index in [0.717, 1.165) is 32.5 Å². The highest BCUT2D eigenvalue weighted by Gasteiger charge is 2.22. The number of benzene rings is 1. The number of carbonyl (C=O) groups is 1. The van der Waals surface area contributed by atoms with Crippen molar-refractivity contribution in [1.29, 1.82) is 0 Å². The van der Waals surface area contributed by atoms with Crippen LogP contribution in [0.4, 0.5) is 5.69 Å². The van der Waals surface area contributed by atoms with Crippen LogP contribution < -0.4 is 10.0 Å². The Morgan fingerprint density at radius 3 is 2.50 bits per heavy atom. The van der Waals surface area contributed by atoms with Gasteiger partial charge in [-0.1, -0.05) is 13.0 Å². The Balaban J connectivity index is 1.46. The second-order valence-corrected chi connectivity index (χ2v) is 9.88. The molecule has 0 unspecified atom stereocenters. The first-order chi connectivity index (χ1) is 13.5. The Kier molecular flexibility index (Phi) is 7.23. The van der Waals surface area contributed by atoms with E-state index in [2.05, 4.69) is 32.5 Å². The lowest BCUT2D eigenvalue weighted by Crippen LogP contribution is -2.38. The van der Waals surface area contributed by atoms with Crippen molar-refractivity contribution in [1.82, 2.24) is 9.62 Å². The summed E-state index contributed by atoms with van der Waals surface area (Å²) in [5, 5.41) is 4.81. The number of nitrogens with one attached hydrogen (secondary N) is 2. The number of rotatable bonds is 8. The summed E-state index contributed by atoms with van der Waals surface area (Å²) in [6, 6.07) is 10.5. The number of anilines is 1. The van der Waals surface area contributed by atoms with Crippen LogP contribution in [0.25, 0.3) is 0 Å². The number of amides is 1. The topological polar surface area (TPSA) is 78.5 Å². The van der Waals surface area contributed by atoms with Gasteiger partial charge >= 0.3 is 0 Å². The van der Waals surface area contributed by atoms with Gasteiger partial charge < -0.3 is 5.32 Å². The highest BCUT2D eigenvalue weighted by atomic mass is 32.2. The zero-order valence-electron chi connectivity index (χ0n) is 16.1. The first-order valence-electron chi connectivity index (χ1n) is 9.60. The van der Waals surface area contributed by atoms with Crippen molar-refractivity contribution in [2.75, 3.05) is 25.0 Å². The van der Waals surface area contributed by atoms with Crippen molar-refractivity contribution in [3.8, 4) is 0 Å². The molecule has 6 nitrogen and oxygen atoms in total. The van der Waals surface area contributed by atoms with Gasteiger partial charge in [-0.05, 0) is 67.6 Å². The van der Waals surface area contributed by atoms with Crippen LogP contribution in [0.15, 0.2) is 46.7 Å². The third-order valence-corrected chi connectivity index (χ3v) is 7.30. The van der Waals surface area contributed by atoms with Crippen LogP contribution in [0.5, 0.6) is 0 Å². The molecule has 1 aliphatic heterocycles. The fourth-order valence-electron chi connectivity index (χ4n) is 3.25.